The molecule has 0 bridgehead atoms. The third-order valence-electron chi connectivity index (χ3n) is 4.36. The van der Waals surface area contributed by atoms with Crippen molar-refractivity contribution >= 4 is 9.04 Å². The molecule has 0 fully saturated rings. The van der Waals surface area contributed by atoms with Crippen LogP contribution in [0.25, 0.3) is 0 Å². The van der Waals surface area contributed by atoms with Gasteiger partial charge in [-0.3, -0.25) is 0 Å². The zero-order valence-corrected chi connectivity index (χ0v) is 16.1. The molecule has 0 aromatic heterocycles. The minimum atomic E-state index is -1.05. The van der Waals surface area contributed by atoms with Crippen LogP contribution in [0.2, 0.25) is 13.1 Å². The molecule has 1 aromatic carbocycles. The number of nitrogens with one attached hydrogen (secondary N) is 1. The summed E-state index contributed by atoms with van der Waals surface area (Å²) in [7, 11) is 0.686. The molecule has 4 heteroatoms. The normalized spacial score (nSPS) is 19.9. The fourth-order valence-corrected chi connectivity index (χ4v) is 4.30. The highest BCUT2D eigenvalue weighted by Gasteiger charge is 2.31. The highest BCUT2D eigenvalue weighted by atomic mass is 28.3. The summed E-state index contributed by atoms with van der Waals surface area (Å²) in [4.78, 5) is 0. The second-order valence-electron chi connectivity index (χ2n) is 7.60. The van der Waals surface area contributed by atoms with Crippen LogP contribution >= 0.6 is 0 Å². The standard InChI is InChI=1S/C18H31NO2Si/c1-18(2,3)17(21-22(5)6)12-16-15-8-7-14(20-4)11-13(15)9-10-19-16/h7-8,11,16-17,19,22H,9-10,12H2,1-6H3/t16-,17?/m1/s1. The number of fused-ring (bicyclic) bond motifs is 1. The third-order valence-corrected chi connectivity index (χ3v) is 5.24. The lowest BCUT2D eigenvalue weighted by Crippen LogP contribution is -2.39. The summed E-state index contributed by atoms with van der Waals surface area (Å²) in [5, 5.41) is 3.68. The second kappa shape index (κ2) is 7.15. The van der Waals surface area contributed by atoms with E-state index in [9.17, 15) is 0 Å². The van der Waals surface area contributed by atoms with Gasteiger partial charge in [0.15, 0.2) is 9.04 Å². The van der Waals surface area contributed by atoms with Crippen LogP contribution in [0.4, 0.5) is 0 Å². The Morgan fingerprint density at radius 2 is 2.05 bits per heavy atom. The first kappa shape index (κ1) is 17.5. The fraction of sp³-hybridized carbons (Fsp3) is 0.667. The highest BCUT2D eigenvalue weighted by molar-refractivity contribution is 6.48. The summed E-state index contributed by atoms with van der Waals surface area (Å²) < 4.78 is 11.7. The number of hydrogen-bond acceptors (Lipinski definition) is 3. The zero-order valence-electron chi connectivity index (χ0n) is 14.9. The van der Waals surface area contributed by atoms with E-state index in [1.165, 1.54) is 11.1 Å². The van der Waals surface area contributed by atoms with Crippen molar-refractivity contribution in [2.45, 2.75) is 58.9 Å². The van der Waals surface area contributed by atoms with Crippen LogP contribution in [0.15, 0.2) is 18.2 Å². The maximum Gasteiger partial charge on any atom is 0.171 e. The number of hydrogen-bond donors (Lipinski definition) is 1. The fourth-order valence-electron chi connectivity index (χ4n) is 3.12. The van der Waals surface area contributed by atoms with Crippen LogP contribution in [0.1, 0.15) is 44.4 Å². The zero-order chi connectivity index (χ0) is 16.3. The first-order chi connectivity index (χ1) is 10.3. The van der Waals surface area contributed by atoms with Gasteiger partial charge in [0.2, 0.25) is 0 Å². The largest absolute Gasteiger partial charge is 0.497 e. The van der Waals surface area contributed by atoms with Gasteiger partial charge in [-0.15, -0.1) is 0 Å². The van der Waals surface area contributed by atoms with Crippen LogP contribution in [0.3, 0.4) is 0 Å². The molecule has 0 saturated heterocycles. The number of benzene rings is 1. The molecular weight excluding hydrogens is 290 g/mol. The van der Waals surface area contributed by atoms with Crippen molar-refractivity contribution in [1.82, 2.24) is 5.32 Å². The Kier molecular flexibility index (Phi) is 5.69. The maximum absolute atomic E-state index is 6.35. The van der Waals surface area contributed by atoms with Gasteiger partial charge in [-0.1, -0.05) is 26.8 Å². The number of ether oxygens (including phenoxy) is 1. The Balaban J connectivity index is 2.19. The van der Waals surface area contributed by atoms with Gasteiger partial charge < -0.3 is 14.5 Å². The lowest BCUT2D eigenvalue weighted by Gasteiger charge is -2.37. The van der Waals surface area contributed by atoms with Gasteiger partial charge in [0, 0.05) is 6.04 Å². The van der Waals surface area contributed by atoms with E-state index in [1.54, 1.807) is 7.11 Å². The Morgan fingerprint density at radius 1 is 1.32 bits per heavy atom. The molecule has 1 aliphatic rings. The van der Waals surface area contributed by atoms with E-state index in [-0.39, 0.29) is 5.41 Å². The van der Waals surface area contributed by atoms with E-state index < -0.39 is 9.04 Å². The SMILES string of the molecule is COc1ccc2c(c1)CCN[C@@H]2CC(O[SiH](C)C)C(C)(C)C. The average molecular weight is 322 g/mol. The van der Waals surface area contributed by atoms with Gasteiger partial charge in [-0.2, -0.15) is 0 Å². The van der Waals surface area contributed by atoms with Crippen LogP contribution in [-0.4, -0.2) is 28.8 Å². The number of rotatable bonds is 5. The molecular formula is C18H31NO2Si. The van der Waals surface area contributed by atoms with Crippen molar-refractivity contribution in [3.63, 3.8) is 0 Å². The molecule has 2 atom stereocenters. The van der Waals surface area contributed by atoms with E-state index in [0.717, 1.165) is 25.1 Å². The molecule has 1 unspecified atom stereocenters. The Morgan fingerprint density at radius 3 is 2.64 bits per heavy atom. The summed E-state index contributed by atoms with van der Waals surface area (Å²) in [5.41, 5.74) is 3.00. The van der Waals surface area contributed by atoms with Gasteiger partial charge in [0.1, 0.15) is 5.75 Å². The van der Waals surface area contributed by atoms with Crippen LogP contribution in [0.5, 0.6) is 5.75 Å². The molecule has 0 amide bonds. The molecule has 1 aromatic rings. The van der Waals surface area contributed by atoms with Gasteiger partial charge in [0.25, 0.3) is 0 Å². The van der Waals surface area contributed by atoms with Gasteiger partial charge in [0.05, 0.1) is 13.2 Å². The molecule has 0 spiro atoms. The number of methoxy groups -OCH3 is 1. The molecule has 1 heterocycles. The smallest absolute Gasteiger partial charge is 0.171 e. The average Bonchev–Trinajstić information content (AvgIpc) is 2.44. The van der Waals surface area contributed by atoms with E-state index >= 15 is 0 Å². The third kappa shape index (κ3) is 4.34. The van der Waals surface area contributed by atoms with E-state index in [4.69, 9.17) is 9.16 Å². The van der Waals surface area contributed by atoms with Crippen LogP contribution in [-0.2, 0) is 10.8 Å². The van der Waals surface area contributed by atoms with Crippen LogP contribution < -0.4 is 10.1 Å². The molecule has 2 rings (SSSR count). The quantitative estimate of drug-likeness (QED) is 0.839. The minimum Gasteiger partial charge on any atom is -0.497 e. The molecule has 124 valence electrons. The molecule has 0 aliphatic carbocycles. The van der Waals surface area contributed by atoms with E-state index in [1.807, 2.05) is 0 Å². The lowest BCUT2D eigenvalue weighted by atomic mass is 9.82. The Hall–Kier alpha value is -0.843. The van der Waals surface area contributed by atoms with Crippen molar-refractivity contribution in [3.8, 4) is 5.75 Å². The first-order valence-corrected chi connectivity index (χ1v) is 11.1. The second-order valence-corrected chi connectivity index (χ2v) is 9.97. The van der Waals surface area contributed by atoms with Crippen molar-refractivity contribution in [2.75, 3.05) is 13.7 Å². The molecule has 22 heavy (non-hydrogen) atoms. The van der Waals surface area contributed by atoms with Crippen molar-refractivity contribution in [1.29, 1.82) is 0 Å². The van der Waals surface area contributed by atoms with E-state index in [0.29, 0.717) is 12.1 Å². The molecule has 1 aliphatic heterocycles. The van der Waals surface area contributed by atoms with Gasteiger partial charge in [-0.05, 0) is 61.2 Å². The topological polar surface area (TPSA) is 30.5 Å². The summed E-state index contributed by atoms with van der Waals surface area (Å²) in [6, 6.07) is 6.86. The summed E-state index contributed by atoms with van der Waals surface area (Å²) in [6.07, 6.45) is 2.40. The minimum absolute atomic E-state index is 0.170. The molecule has 0 radical (unpaired) electrons. The predicted octanol–water partition coefficient (Wildman–Crippen LogP) is 3.69. The van der Waals surface area contributed by atoms with Crippen molar-refractivity contribution in [3.05, 3.63) is 29.3 Å². The highest BCUT2D eigenvalue weighted by Crippen LogP contribution is 2.34. The first-order valence-electron chi connectivity index (χ1n) is 8.37. The molecule has 0 saturated carbocycles. The maximum atomic E-state index is 6.35. The molecule has 1 N–H and O–H groups in total. The van der Waals surface area contributed by atoms with Crippen molar-refractivity contribution in [2.24, 2.45) is 5.41 Å². The lowest BCUT2D eigenvalue weighted by molar-refractivity contribution is 0.0674. The van der Waals surface area contributed by atoms with Gasteiger partial charge in [-0.25, -0.2) is 0 Å². The van der Waals surface area contributed by atoms with E-state index in [2.05, 4.69) is 57.4 Å². The summed E-state index contributed by atoms with van der Waals surface area (Å²) >= 11 is 0. The summed E-state index contributed by atoms with van der Waals surface area (Å²) in [6.45, 7) is 12.4. The Bertz CT molecular complexity index is 496. The van der Waals surface area contributed by atoms with Gasteiger partial charge >= 0.3 is 0 Å². The summed E-state index contributed by atoms with van der Waals surface area (Å²) in [5.74, 6) is 0.956. The predicted molar refractivity (Wildman–Crippen MR) is 95.3 cm³/mol. The van der Waals surface area contributed by atoms with Crippen LogP contribution in [0, 0.1) is 5.41 Å². The molecule has 3 nitrogen and oxygen atoms in total. The monoisotopic (exact) mass is 321 g/mol. The Labute approximate surface area is 137 Å². The van der Waals surface area contributed by atoms with Crippen molar-refractivity contribution < 1.29 is 9.16 Å².